The zero-order chi connectivity index (χ0) is 21.6. The van der Waals surface area contributed by atoms with E-state index in [4.69, 9.17) is 4.74 Å². The van der Waals surface area contributed by atoms with Crippen molar-refractivity contribution in [1.29, 1.82) is 0 Å². The van der Waals surface area contributed by atoms with Gasteiger partial charge in [0.1, 0.15) is 0 Å². The summed E-state index contributed by atoms with van der Waals surface area (Å²) in [5, 5.41) is 14.2. The molecule has 2 N–H and O–H groups in total. The fourth-order valence-electron chi connectivity index (χ4n) is 4.57. The van der Waals surface area contributed by atoms with Crippen LogP contribution in [-0.4, -0.2) is 78.2 Å². The molecule has 7 nitrogen and oxygen atoms in total. The van der Waals surface area contributed by atoms with Crippen LogP contribution in [0.2, 0.25) is 0 Å². The number of aliphatic hydroxyl groups is 1. The van der Waals surface area contributed by atoms with Gasteiger partial charge in [-0.05, 0) is 49.8 Å². The predicted octanol–water partition coefficient (Wildman–Crippen LogP) is 1.79. The second-order valence-corrected chi connectivity index (χ2v) is 8.75. The summed E-state index contributed by atoms with van der Waals surface area (Å²) in [4.78, 5) is 28.3. The Hall–Kier alpha value is -1.96. The van der Waals surface area contributed by atoms with Gasteiger partial charge < -0.3 is 25.0 Å². The van der Waals surface area contributed by atoms with E-state index in [9.17, 15) is 14.7 Å². The maximum Gasteiger partial charge on any atom is 0.253 e. The minimum absolute atomic E-state index is 0.0222. The number of methoxy groups -OCH3 is 1. The van der Waals surface area contributed by atoms with Crippen LogP contribution in [0.15, 0.2) is 24.3 Å². The molecule has 30 heavy (non-hydrogen) atoms. The number of rotatable bonds is 6. The lowest BCUT2D eigenvalue weighted by Gasteiger charge is -2.38. The Kier molecular flexibility index (Phi) is 7.86. The van der Waals surface area contributed by atoms with Crippen molar-refractivity contribution in [2.24, 2.45) is 0 Å². The fourth-order valence-corrected chi connectivity index (χ4v) is 4.57. The van der Waals surface area contributed by atoms with Crippen molar-refractivity contribution in [3.63, 3.8) is 0 Å². The molecule has 2 saturated heterocycles. The lowest BCUT2D eigenvalue weighted by molar-refractivity contribution is -0.120. The van der Waals surface area contributed by atoms with Crippen LogP contribution in [0, 0.1) is 0 Å². The van der Waals surface area contributed by atoms with Gasteiger partial charge in [-0.3, -0.25) is 9.59 Å². The standard InChI is InChI=1S/C23H35N3O4/c1-18(27)24-21-8-13-25(14-9-21)17-23(29)10-3-12-26(15-11-23)22(28)20-6-4-19(5-7-20)16-30-2/h4-7,21,29H,3,8-17H2,1-2H3,(H,24,27)/t23-/m0/s1. The Morgan fingerprint density at radius 2 is 1.83 bits per heavy atom. The van der Waals surface area contributed by atoms with Crippen molar-refractivity contribution < 1.29 is 19.4 Å². The average Bonchev–Trinajstić information content (AvgIpc) is 2.91. The summed E-state index contributed by atoms with van der Waals surface area (Å²) in [6.07, 6.45) is 3.92. The third-order valence-corrected chi connectivity index (χ3v) is 6.23. The number of likely N-dealkylation sites (tertiary alicyclic amines) is 2. The van der Waals surface area contributed by atoms with Crippen molar-refractivity contribution in [3.8, 4) is 0 Å². The van der Waals surface area contributed by atoms with Gasteiger partial charge in [-0.1, -0.05) is 12.1 Å². The molecule has 1 aromatic carbocycles. The molecule has 0 bridgehead atoms. The second kappa shape index (κ2) is 10.4. The number of nitrogens with one attached hydrogen (secondary N) is 1. The van der Waals surface area contributed by atoms with Gasteiger partial charge in [0.15, 0.2) is 0 Å². The Morgan fingerprint density at radius 3 is 2.47 bits per heavy atom. The molecule has 7 heteroatoms. The highest BCUT2D eigenvalue weighted by molar-refractivity contribution is 5.94. The second-order valence-electron chi connectivity index (χ2n) is 8.75. The topological polar surface area (TPSA) is 82.1 Å². The highest BCUT2D eigenvalue weighted by Gasteiger charge is 2.34. The van der Waals surface area contributed by atoms with Crippen LogP contribution in [0.4, 0.5) is 0 Å². The fraction of sp³-hybridized carbons (Fsp3) is 0.652. The largest absolute Gasteiger partial charge is 0.388 e. The summed E-state index contributed by atoms with van der Waals surface area (Å²) < 4.78 is 5.12. The molecule has 2 aliphatic rings. The molecule has 0 aromatic heterocycles. The minimum Gasteiger partial charge on any atom is -0.388 e. The predicted molar refractivity (Wildman–Crippen MR) is 115 cm³/mol. The molecule has 2 aliphatic heterocycles. The molecule has 1 aromatic rings. The average molecular weight is 418 g/mol. The van der Waals surface area contributed by atoms with Gasteiger partial charge in [-0.25, -0.2) is 0 Å². The quantitative estimate of drug-likeness (QED) is 0.738. The van der Waals surface area contributed by atoms with E-state index >= 15 is 0 Å². The molecule has 0 aliphatic carbocycles. The molecule has 166 valence electrons. The van der Waals surface area contributed by atoms with Crippen molar-refractivity contribution in [3.05, 3.63) is 35.4 Å². The number of benzene rings is 1. The number of hydrogen-bond acceptors (Lipinski definition) is 5. The van der Waals surface area contributed by atoms with Gasteiger partial charge in [0.2, 0.25) is 5.91 Å². The molecule has 0 radical (unpaired) electrons. The van der Waals surface area contributed by atoms with Crippen LogP contribution in [0.25, 0.3) is 0 Å². The highest BCUT2D eigenvalue weighted by atomic mass is 16.5. The molecule has 2 heterocycles. The van der Waals surface area contributed by atoms with Gasteiger partial charge in [0, 0.05) is 58.4 Å². The van der Waals surface area contributed by atoms with Crippen LogP contribution in [-0.2, 0) is 16.1 Å². The van der Waals surface area contributed by atoms with E-state index in [0.29, 0.717) is 44.6 Å². The van der Waals surface area contributed by atoms with Gasteiger partial charge in [-0.2, -0.15) is 0 Å². The van der Waals surface area contributed by atoms with E-state index in [0.717, 1.165) is 37.9 Å². The van der Waals surface area contributed by atoms with E-state index in [-0.39, 0.29) is 17.9 Å². The monoisotopic (exact) mass is 417 g/mol. The van der Waals surface area contributed by atoms with Crippen LogP contribution in [0.3, 0.4) is 0 Å². The number of piperidine rings is 1. The van der Waals surface area contributed by atoms with Gasteiger partial charge in [-0.15, -0.1) is 0 Å². The van der Waals surface area contributed by atoms with Crippen molar-refractivity contribution in [2.45, 2.75) is 57.3 Å². The van der Waals surface area contributed by atoms with E-state index in [1.807, 2.05) is 29.2 Å². The summed E-state index contributed by atoms with van der Waals surface area (Å²) in [5.74, 6) is 0.0493. The van der Waals surface area contributed by atoms with E-state index in [2.05, 4.69) is 10.2 Å². The third-order valence-electron chi connectivity index (χ3n) is 6.23. The maximum absolute atomic E-state index is 12.9. The van der Waals surface area contributed by atoms with E-state index < -0.39 is 5.60 Å². The molecule has 3 rings (SSSR count). The molecule has 0 unspecified atom stereocenters. The van der Waals surface area contributed by atoms with Gasteiger partial charge in [0.05, 0.1) is 12.2 Å². The van der Waals surface area contributed by atoms with Crippen molar-refractivity contribution in [1.82, 2.24) is 15.1 Å². The highest BCUT2D eigenvalue weighted by Crippen LogP contribution is 2.26. The smallest absolute Gasteiger partial charge is 0.253 e. The molecule has 1 atom stereocenters. The van der Waals surface area contributed by atoms with E-state index in [1.54, 1.807) is 14.0 Å². The van der Waals surface area contributed by atoms with Crippen LogP contribution in [0.1, 0.15) is 54.9 Å². The number of hydrogen-bond donors (Lipinski definition) is 2. The zero-order valence-corrected chi connectivity index (χ0v) is 18.2. The normalized spacial score (nSPS) is 23.8. The maximum atomic E-state index is 12.9. The molecule has 0 spiro atoms. The lowest BCUT2D eigenvalue weighted by atomic mass is 9.93. The van der Waals surface area contributed by atoms with Gasteiger partial charge in [0.25, 0.3) is 5.91 Å². The van der Waals surface area contributed by atoms with E-state index in [1.165, 1.54) is 0 Å². The van der Waals surface area contributed by atoms with Crippen molar-refractivity contribution >= 4 is 11.8 Å². The Labute approximate surface area is 179 Å². The number of nitrogens with zero attached hydrogens (tertiary/aromatic N) is 2. The first kappa shape index (κ1) is 22.7. The Bertz CT molecular complexity index is 716. The molecule has 2 amide bonds. The number of carbonyl (C=O) groups excluding carboxylic acids is 2. The summed E-state index contributed by atoms with van der Waals surface area (Å²) in [5.41, 5.74) is 0.958. The number of amides is 2. The summed E-state index contributed by atoms with van der Waals surface area (Å²) in [7, 11) is 1.66. The number of β-amino-alcohol motifs (C(OH)–C–C–N with tert-alkyl or cyclic N) is 1. The summed E-state index contributed by atoms with van der Waals surface area (Å²) >= 11 is 0. The molecular formula is C23H35N3O4. The SMILES string of the molecule is COCc1ccc(C(=O)N2CCC[C@@](O)(CN3CCC(NC(C)=O)CC3)CC2)cc1. The first-order chi connectivity index (χ1) is 14.4. The number of carbonyl (C=O) groups is 2. The minimum atomic E-state index is -0.766. The first-order valence-corrected chi connectivity index (χ1v) is 11.0. The molecule has 0 saturated carbocycles. The lowest BCUT2D eigenvalue weighted by Crippen LogP contribution is -2.50. The Morgan fingerprint density at radius 1 is 1.13 bits per heavy atom. The zero-order valence-electron chi connectivity index (χ0n) is 18.2. The Balaban J connectivity index is 1.51. The van der Waals surface area contributed by atoms with Crippen LogP contribution in [0.5, 0.6) is 0 Å². The van der Waals surface area contributed by atoms with Crippen LogP contribution < -0.4 is 5.32 Å². The van der Waals surface area contributed by atoms with Gasteiger partial charge >= 0.3 is 0 Å². The first-order valence-electron chi connectivity index (χ1n) is 11.0. The van der Waals surface area contributed by atoms with Crippen LogP contribution >= 0.6 is 0 Å². The molecular weight excluding hydrogens is 382 g/mol. The molecule has 2 fully saturated rings. The van der Waals surface area contributed by atoms with Crippen molar-refractivity contribution in [2.75, 3.05) is 39.8 Å². The summed E-state index contributed by atoms with van der Waals surface area (Å²) in [6.45, 7) is 5.72. The third kappa shape index (κ3) is 6.27. The number of ether oxygens (including phenoxy) is 1. The summed E-state index contributed by atoms with van der Waals surface area (Å²) in [6, 6.07) is 7.80.